The molecule has 0 amide bonds. The maximum Gasteiger partial charge on any atom is 0.328 e. The van der Waals surface area contributed by atoms with Gasteiger partial charge in [-0.2, -0.15) is 0 Å². The number of nitrogens with zero attached hydrogens (tertiary/aromatic N) is 2. The zero-order valence-corrected chi connectivity index (χ0v) is 11.2. The number of ether oxygens (including phenoxy) is 1. The Labute approximate surface area is 117 Å². The van der Waals surface area contributed by atoms with Crippen LogP contribution in [0, 0.1) is 0 Å². The van der Waals surface area contributed by atoms with Crippen LogP contribution in [0.4, 0.5) is 5.82 Å². The fraction of sp³-hybridized carbons (Fsp3) is 0.467. The van der Waals surface area contributed by atoms with Crippen molar-refractivity contribution in [3.8, 4) is 0 Å². The third kappa shape index (κ3) is 2.67. The predicted octanol–water partition coefficient (Wildman–Crippen LogP) is 1.94. The van der Waals surface area contributed by atoms with Crippen molar-refractivity contribution in [3.05, 3.63) is 30.0 Å². The van der Waals surface area contributed by atoms with Crippen molar-refractivity contribution in [2.75, 3.05) is 18.1 Å². The van der Waals surface area contributed by atoms with E-state index in [1.54, 1.807) is 12.3 Å². The molecular formula is C15H18N2O3. The lowest BCUT2D eigenvalue weighted by molar-refractivity contribution is -0.131. The molecule has 2 aliphatic rings. The Bertz CT molecular complexity index is 512. The fourth-order valence-corrected chi connectivity index (χ4v) is 3.04. The summed E-state index contributed by atoms with van der Waals surface area (Å²) in [6.45, 7) is 1.63. The summed E-state index contributed by atoms with van der Waals surface area (Å²) in [5.74, 6) is 0.00808. The average Bonchev–Trinajstić information content (AvgIpc) is 2.94. The van der Waals surface area contributed by atoms with E-state index >= 15 is 0 Å². The van der Waals surface area contributed by atoms with E-state index in [1.165, 1.54) is 6.42 Å². The van der Waals surface area contributed by atoms with Gasteiger partial charge in [-0.15, -0.1) is 0 Å². The van der Waals surface area contributed by atoms with Crippen molar-refractivity contribution in [1.82, 2.24) is 4.98 Å². The van der Waals surface area contributed by atoms with Crippen molar-refractivity contribution in [2.45, 2.75) is 31.4 Å². The molecule has 2 heterocycles. The Hall–Kier alpha value is -1.88. The first kappa shape index (κ1) is 13.1. The maximum atomic E-state index is 10.5. The van der Waals surface area contributed by atoms with Crippen molar-refractivity contribution < 1.29 is 14.6 Å². The highest BCUT2D eigenvalue weighted by Crippen LogP contribution is 2.32. The van der Waals surface area contributed by atoms with Gasteiger partial charge in [0.15, 0.2) is 0 Å². The number of pyridine rings is 1. The zero-order chi connectivity index (χ0) is 13.9. The van der Waals surface area contributed by atoms with Gasteiger partial charge in [-0.05, 0) is 43.0 Å². The van der Waals surface area contributed by atoms with Crippen molar-refractivity contribution >= 4 is 17.9 Å². The van der Waals surface area contributed by atoms with Crippen molar-refractivity contribution in [1.29, 1.82) is 0 Å². The highest BCUT2D eigenvalue weighted by molar-refractivity contribution is 5.85. The van der Waals surface area contributed by atoms with Crippen LogP contribution in [0.15, 0.2) is 24.4 Å². The molecule has 1 N–H and O–H groups in total. The van der Waals surface area contributed by atoms with Crippen molar-refractivity contribution in [3.63, 3.8) is 0 Å². The van der Waals surface area contributed by atoms with Gasteiger partial charge in [0, 0.05) is 18.8 Å². The number of fused-ring (bicyclic) bond motifs is 1. The first-order valence-electron chi connectivity index (χ1n) is 6.99. The minimum atomic E-state index is -0.948. The Morgan fingerprint density at radius 2 is 2.35 bits per heavy atom. The van der Waals surface area contributed by atoms with Gasteiger partial charge in [-0.1, -0.05) is 0 Å². The van der Waals surface area contributed by atoms with Crippen LogP contribution >= 0.6 is 0 Å². The SMILES string of the molecule is O=C(O)/C=C/c1ccc(N2CCOC3CCCC32)nc1. The molecule has 0 aromatic carbocycles. The normalized spacial score (nSPS) is 25.9. The smallest absolute Gasteiger partial charge is 0.328 e. The Morgan fingerprint density at radius 3 is 3.10 bits per heavy atom. The number of rotatable bonds is 3. The summed E-state index contributed by atoms with van der Waals surface area (Å²) in [6.07, 6.45) is 8.25. The molecule has 106 valence electrons. The molecule has 2 atom stereocenters. The molecule has 2 unspecified atom stereocenters. The van der Waals surface area contributed by atoms with E-state index in [0.29, 0.717) is 12.1 Å². The van der Waals surface area contributed by atoms with E-state index in [-0.39, 0.29) is 0 Å². The lowest BCUT2D eigenvalue weighted by Crippen LogP contribution is -2.49. The highest BCUT2D eigenvalue weighted by Gasteiger charge is 2.36. The molecular weight excluding hydrogens is 256 g/mol. The Morgan fingerprint density at radius 1 is 1.45 bits per heavy atom. The number of hydrogen-bond acceptors (Lipinski definition) is 4. The fourth-order valence-electron chi connectivity index (χ4n) is 3.04. The first-order valence-corrected chi connectivity index (χ1v) is 6.99. The van der Waals surface area contributed by atoms with Crippen LogP contribution in [0.25, 0.3) is 6.08 Å². The van der Waals surface area contributed by atoms with E-state index in [4.69, 9.17) is 9.84 Å². The van der Waals surface area contributed by atoms with Crippen LogP contribution in [0.1, 0.15) is 24.8 Å². The number of aliphatic carboxylic acids is 1. The molecule has 5 heteroatoms. The second-order valence-electron chi connectivity index (χ2n) is 5.22. The summed E-state index contributed by atoms with van der Waals surface area (Å²) in [5, 5.41) is 8.61. The van der Waals surface area contributed by atoms with Gasteiger partial charge in [-0.3, -0.25) is 0 Å². The van der Waals surface area contributed by atoms with E-state index < -0.39 is 5.97 Å². The standard InChI is InChI=1S/C15H18N2O3/c18-15(19)7-5-11-4-6-14(16-10-11)17-8-9-20-13-3-1-2-12(13)17/h4-7,10,12-13H,1-3,8-9H2,(H,18,19)/b7-5+. The second-order valence-corrected chi connectivity index (χ2v) is 5.22. The number of morpholine rings is 1. The van der Waals surface area contributed by atoms with Crippen LogP contribution in [0.2, 0.25) is 0 Å². The maximum absolute atomic E-state index is 10.5. The molecule has 5 nitrogen and oxygen atoms in total. The number of anilines is 1. The molecule has 0 radical (unpaired) electrons. The topological polar surface area (TPSA) is 62.7 Å². The molecule has 1 aromatic heterocycles. The zero-order valence-electron chi connectivity index (χ0n) is 11.2. The number of carboxylic acids is 1. The monoisotopic (exact) mass is 274 g/mol. The molecule has 1 saturated heterocycles. The summed E-state index contributed by atoms with van der Waals surface area (Å²) < 4.78 is 5.80. The van der Waals surface area contributed by atoms with Gasteiger partial charge in [0.2, 0.25) is 0 Å². The molecule has 1 saturated carbocycles. The average molecular weight is 274 g/mol. The number of carbonyl (C=O) groups is 1. The van der Waals surface area contributed by atoms with Gasteiger partial charge in [0.1, 0.15) is 5.82 Å². The summed E-state index contributed by atoms with van der Waals surface area (Å²) >= 11 is 0. The Balaban J connectivity index is 1.75. The summed E-state index contributed by atoms with van der Waals surface area (Å²) in [4.78, 5) is 17.3. The molecule has 1 aromatic rings. The summed E-state index contributed by atoms with van der Waals surface area (Å²) in [5.41, 5.74) is 0.799. The van der Waals surface area contributed by atoms with Crippen LogP contribution in [0.3, 0.4) is 0 Å². The van der Waals surface area contributed by atoms with Gasteiger partial charge < -0.3 is 14.7 Å². The van der Waals surface area contributed by atoms with Crippen LogP contribution < -0.4 is 4.90 Å². The molecule has 1 aliphatic heterocycles. The second kappa shape index (κ2) is 5.63. The summed E-state index contributed by atoms with van der Waals surface area (Å²) in [7, 11) is 0. The highest BCUT2D eigenvalue weighted by atomic mass is 16.5. The Kier molecular flexibility index (Phi) is 3.69. The minimum absolute atomic E-state index is 0.345. The van der Waals surface area contributed by atoms with Gasteiger partial charge in [-0.25, -0.2) is 9.78 Å². The summed E-state index contributed by atoms with van der Waals surface area (Å²) in [6, 6.07) is 4.31. The van der Waals surface area contributed by atoms with Gasteiger partial charge in [0.25, 0.3) is 0 Å². The molecule has 20 heavy (non-hydrogen) atoms. The van der Waals surface area contributed by atoms with E-state index in [2.05, 4.69) is 9.88 Å². The molecule has 1 aliphatic carbocycles. The predicted molar refractivity (Wildman–Crippen MR) is 75.6 cm³/mol. The van der Waals surface area contributed by atoms with Crippen LogP contribution in [0.5, 0.6) is 0 Å². The number of aromatic nitrogens is 1. The van der Waals surface area contributed by atoms with Crippen molar-refractivity contribution in [2.24, 2.45) is 0 Å². The molecule has 0 spiro atoms. The number of carboxylic acid groups (broad SMARTS) is 1. The van der Waals surface area contributed by atoms with Gasteiger partial charge in [0.05, 0.1) is 18.8 Å². The third-order valence-electron chi connectivity index (χ3n) is 3.97. The first-order chi connectivity index (χ1) is 9.74. The van der Waals surface area contributed by atoms with Gasteiger partial charge >= 0.3 is 5.97 Å². The largest absolute Gasteiger partial charge is 0.478 e. The van der Waals surface area contributed by atoms with Crippen LogP contribution in [-0.2, 0) is 9.53 Å². The minimum Gasteiger partial charge on any atom is -0.478 e. The van der Waals surface area contributed by atoms with Crippen LogP contribution in [-0.4, -0.2) is 41.4 Å². The quantitative estimate of drug-likeness (QED) is 0.853. The lowest BCUT2D eigenvalue weighted by atomic mass is 10.1. The molecule has 3 rings (SSSR count). The molecule has 0 bridgehead atoms. The third-order valence-corrected chi connectivity index (χ3v) is 3.97. The van der Waals surface area contributed by atoms with E-state index in [1.807, 2.05) is 12.1 Å². The van der Waals surface area contributed by atoms with E-state index in [9.17, 15) is 4.79 Å². The number of hydrogen-bond donors (Lipinski definition) is 1. The van der Waals surface area contributed by atoms with E-state index in [0.717, 1.165) is 43.5 Å². The molecule has 2 fully saturated rings. The lowest BCUT2D eigenvalue weighted by Gasteiger charge is -2.38.